The van der Waals surface area contributed by atoms with Crippen molar-refractivity contribution in [3.05, 3.63) is 0 Å². The van der Waals surface area contributed by atoms with Crippen LogP contribution in [0.5, 0.6) is 0 Å². The summed E-state index contributed by atoms with van der Waals surface area (Å²) < 4.78 is 8.88. The highest BCUT2D eigenvalue weighted by molar-refractivity contribution is 7.45. The molecular formula is C8H23O4PSi. The molecule has 0 atom stereocenters. The molecule has 0 aliphatic rings. The van der Waals surface area contributed by atoms with Gasteiger partial charge in [0.2, 0.25) is 0 Å². The zero-order chi connectivity index (χ0) is 12.0. The summed E-state index contributed by atoms with van der Waals surface area (Å²) in [4.78, 5) is 21.6. The molecule has 0 rings (SSSR count). The van der Waals surface area contributed by atoms with Crippen molar-refractivity contribution in [2.24, 2.45) is 0 Å². The van der Waals surface area contributed by atoms with E-state index in [0.717, 1.165) is 0 Å². The Labute approximate surface area is 88.2 Å². The van der Waals surface area contributed by atoms with E-state index in [2.05, 4.69) is 33.9 Å². The minimum atomic E-state index is -4.64. The maximum Gasteiger partial charge on any atom is 0.466 e. The van der Waals surface area contributed by atoms with Gasteiger partial charge in [-0.2, -0.15) is 0 Å². The van der Waals surface area contributed by atoms with Gasteiger partial charge in [0.05, 0.1) is 0 Å². The fraction of sp³-hybridized carbons (Fsp3) is 1.00. The summed E-state index contributed by atoms with van der Waals surface area (Å²) in [5, 5.41) is 0.689. The molecule has 3 N–H and O–H groups in total. The van der Waals surface area contributed by atoms with Gasteiger partial charge in [0, 0.05) is 8.80 Å². The van der Waals surface area contributed by atoms with Crippen LogP contribution in [0.4, 0.5) is 0 Å². The van der Waals surface area contributed by atoms with Gasteiger partial charge in [0.15, 0.2) is 0 Å². The fourth-order valence-electron chi connectivity index (χ4n) is 0.933. The van der Waals surface area contributed by atoms with E-state index in [1.165, 1.54) is 12.8 Å². The molecule has 0 aromatic rings. The Bertz CT molecular complexity index is 180. The minimum absolute atomic E-state index is 0.397. The second-order valence-electron chi connectivity index (χ2n) is 4.41. The monoisotopic (exact) mass is 242 g/mol. The summed E-state index contributed by atoms with van der Waals surface area (Å²) >= 11 is 0. The topological polar surface area (TPSA) is 77.8 Å². The second kappa shape index (κ2) is 6.75. The maximum absolute atomic E-state index is 8.88. The van der Waals surface area contributed by atoms with Gasteiger partial charge in [-0.05, 0) is 5.04 Å². The first-order chi connectivity index (χ1) is 6.00. The molecule has 0 amide bonds. The predicted molar refractivity (Wildman–Crippen MR) is 62.1 cm³/mol. The molecule has 0 aliphatic heterocycles. The average molecular weight is 242 g/mol. The zero-order valence-electron chi connectivity index (χ0n) is 9.69. The Morgan fingerprint density at radius 3 is 1.57 bits per heavy atom. The molecule has 0 radical (unpaired) electrons. The number of hydrogen-bond donors (Lipinski definition) is 3. The standard InChI is InChI=1S/C8H20Si.H3O4P/c1-6-7-8(2,3)9(4)5;1-5(2,3)4/h9H,6-7H2,1-5H3;(H3,1,2,3,4). The van der Waals surface area contributed by atoms with Gasteiger partial charge in [-0.1, -0.05) is 46.7 Å². The first-order valence-electron chi connectivity index (χ1n) is 4.79. The molecule has 88 valence electrons. The van der Waals surface area contributed by atoms with E-state index in [1.54, 1.807) is 0 Å². The highest BCUT2D eigenvalue weighted by Crippen LogP contribution is 2.33. The van der Waals surface area contributed by atoms with Crippen molar-refractivity contribution in [2.45, 2.75) is 51.7 Å². The summed E-state index contributed by atoms with van der Waals surface area (Å²) in [6, 6.07) is 0. The van der Waals surface area contributed by atoms with Crippen LogP contribution in [0.1, 0.15) is 33.6 Å². The summed E-state index contributed by atoms with van der Waals surface area (Å²) in [6.45, 7) is 12.0. The molecule has 0 saturated carbocycles. The summed E-state index contributed by atoms with van der Waals surface area (Å²) in [5.74, 6) is 0. The van der Waals surface area contributed by atoms with E-state index in [4.69, 9.17) is 19.2 Å². The van der Waals surface area contributed by atoms with Gasteiger partial charge < -0.3 is 14.7 Å². The van der Waals surface area contributed by atoms with Crippen LogP contribution < -0.4 is 0 Å². The van der Waals surface area contributed by atoms with E-state index in [0.29, 0.717) is 5.04 Å². The van der Waals surface area contributed by atoms with Crippen molar-refractivity contribution in [3.63, 3.8) is 0 Å². The molecule has 0 fully saturated rings. The van der Waals surface area contributed by atoms with Crippen LogP contribution in [0.2, 0.25) is 18.1 Å². The quantitative estimate of drug-likeness (QED) is 0.523. The van der Waals surface area contributed by atoms with Crippen LogP contribution in [-0.2, 0) is 4.57 Å². The van der Waals surface area contributed by atoms with Gasteiger partial charge in [0.25, 0.3) is 0 Å². The Hall–Kier alpha value is 0.327. The third kappa shape index (κ3) is 14.8. The van der Waals surface area contributed by atoms with Crippen molar-refractivity contribution in [3.8, 4) is 0 Å². The van der Waals surface area contributed by atoms with E-state index in [-0.39, 0.29) is 0 Å². The molecule has 0 aromatic heterocycles. The molecular weight excluding hydrogens is 219 g/mol. The van der Waals surface area contributed by atoms with E-state index in [1.807, 2.05) is 0 Å². The largest absolute Gasteiger partial charge is 0.466 e. The first-order valence-corrected chi connectivity index (χ1v) is 9.24. The molecule has 0 heterocycles. The zero-order valence-corrected chi connectivity index (χ0v) is 11.7. The lowest BCUT2D eigenvalue weighted by atomic mass is 10.1. The molecule has 0 aliphatic carbocycles. The SMILES string of the molecule is CCCC(C)(C)[SiH](C)C.O=P(O)(O)O. The molecule has 4 nitrogen and oxygen atoms in total. The molecule has 14 heavy (non-hydrogen) atoms. The number of hydrogen-bond acceptors (Lipinski definition) is 1. The normalized spacial score (nSPS) is 12.4. The van der Waals surface area contributed by atoms with Crippen molar-refractivity contribution in [2.75, 3.05) is 0 Å². The number of rotatable bonds is 3. The van der Waals surface area contributed by atoms with Crippen LogP contribution in [0.15, 0.2) is 0 Å². The van der Waals surface area contributed by atoms with Crippen LogP contribution in [0.3, 0.4) is 0 Å². The maximum atomic E-state index is 8.88. The summed E-state index contributed by atoms with van der Waals surface area (Å²) in [5.41, 5.74) is 0. The van der Waals surface area contributed by atoms with Crippen LogP contribution in [-0.4, -0.2) is 23.5 Å². The fourth-order valence-corrected chi connectivity index (χ4v) is 1.80. The van der Waals surface area contributed by atoms with Crippen LogP contribution in [0, 0.1) is 0 Å². The lowest BCUT2D eigenvalue weighted by Crippen LogP contribution is -2.20. The summed E-state index contributed by atoms with van der Waals surface area (Å²) in [6.07, 6.45) is 2.76. The van der Waals surface area contributed by atoms with Gasteiger partial charge in [-0.3, -0.25) is 0 Å². The third-order valence-corrected chi connectivity index (χ3v) is 5.87. The van der Waals surface area contributed by atoms with Gasteiger partial charge in [-0.15, -0.1) is 0 Å². The van der Waals surface area contributed by atoms with Crippen molar-refractivity contribution >= 4 is 16.6 Å². The smallest absolute Gasteiger partial charge is 0.303 e. The number of phosphoric acid groups is 1. The Morgan fingerprint density at radius 2 is 1.50 bits per heavy atom. The van der Waals surface area contributed by atoms with Crippen molar-refractivity contribution in [1.82, 2.24) is 0 Å². The molecule has 0 unspecified atom stereocenters. The first kappa shape index (κ1) is 16.7. The molecule has 0 bridgehead atoms. The highest BCUT2D eigenvalue weighted by atomic mass is 31.2. The Morgan fingerprint density at radius 1 is 1.21 bits per heavy atom. The molecule has 0 saturated heterocycles. The minimum Gasteiger partial charge on any atom is -0.303 e. The van der Waals surface area contributed by atoms with E-state index >= 15 is 0 Å². The third-order valence-electron chi connectivity index (χ3n) is 2.46. The lowest BCUT2D eigenvalue weighted by Gasteiger charge is -2.27. The van der Waals surface area contributed by atoms with Crippen molar-refractivity contribution < 1.29 is 19.2 Å². The van der Waals surface area contributed by atoms with Crippen molar-refractivity contribution in [1.29, 1.82) is 0 Å². The van der Waals surface area contributed by atoms with Gasteiger partial charge in [0.1, 0.15) is 0 Å². The van der Waals surface area contributed by atoms with E-state index < -0.39 is 16.6 Å². The Balaban J connectivity index is 0. The average Bonchev–Trinajstić information content (AvgIpc) is 1.82. The Kier molecular flexibility index (Phi) is 8.07. The summed E-state index contributed by atoms with van der Waals surface area (Å²) in [7, 11) is -5.04. The van der Waals surface area contributed by atoms with Gasteiger partial charge in [-0.25, -0.2) is 4.57 Å². The van der Waals surface area contributed by atoms with E-state index in [9.17, 15) is 0 Å². The van der Waals surface area contributed by atoms with Gasteiger partial charge >= 0.3 is 7.82 Å². The molecule has 6 heteroatoms. The highest BCUT2D eigenvalue weighted by Gasteiger charge is 2.21. The molecule has 0 spiro atoms. The van der Waals surface area contributed by atoms with Crippen LogP contribution >= 0.6 is 7.82 Å². The molecule has 0 aromatic carbocycles. The lowest BCUT2D eigenvalue weighted by molar-refractivity contribution is 0.275. The second-order valence-corrected chi connectivity index (χ2v) is 9.31. The predicted octanol–water partition coefficient (Wildman–Crippen LogP) is 2.12. The van der Waals surface area contributed by atoms with Crippen LogP contribution in [0.25, 0.3) is 0 Å².